The average molecular weight is 447 g/mol. The van der Waals surface area contributed by atoms with E-state index in [2.05, 4.69) is 61.4 Å². The molecule has 4 rings (SSSR count). The summed E-state index contributed by atoms with van der Waals surface area (Å²) in [6.07, 6.45) is 12.0. The summed E-state index contributed by atoms with van der Waals surface area (Å²) < 4.78 is 0. The predicted octanol–water partition coefficient (Wildman–Crippen LogP) is 5.90. The van der Waals surface area contributed by atoms with Crippen molar-refractivity contribution in [2.45, 2.75) is 90.0 Å². The fourth-order valence-corrected chi connectivity index (χ4v) is 5.15. The Balaban J connectivity index is 1.60. The highest BCUT2D eigenvalue weighted by Crippen LogP contribution is 2.29. The second-order valence-corrected chi connectivity index (χ2v) is 10.9. The Hall–Kier alpha value is -2.62. The van der Waals surface area contributed by atoms with Crippen LogP contribution in [0.1, 0.15) is 94.5 Å². The summed E-state index contributed by atoms with van der Waals surface area (Å²) in [5.74, 6) is 0.853. The third-order valence-electron chi connectivity index (χ3n) is 7.29. The Bertz CT molecular complexity index is 1050. The summed E-state index contributed by atoms with van der Waals surface area (Å²) in [4.78, 5) is 27.9. The number of carbonyl (C=O) groups is 1. The molecule has 1 aromatic carbocycles. The molecular weight excluding hydrogens is 408 g/mol. The van der Waals surface area contributed by atoms with Gasteiger partial charge in [-0.05, 0) is 47.8 Å². The summed E-state index contributed by atoms with van der Waals surface area (Å²) in [5, 5.41) is 3.03. The molecular formula is C29H38N2O2. The van der Waals surface area contributed by atoms with Gasteiger partial charge in [0.25, 0.3) is 5.56 Å². The highest BCUT2D eigenvalue weighted by atomic mass is 16.2. The van der Waals surface area contributed by atoms with Crippen molar-refractivity contribution in [3.8, 4) is 0 Å². The minimum Gasteiger partial charge on any atom is -0.350 e. The second kappa shape index (κ2) is 10.1. The first kappa shape index (κ1) is 23.5. The molecule has 1 aliphatic carbocycles. The van der Waals surface area contributed by atoms with Gasteiger partial charge in [0.1, 0.15) is 0 Å². The molecule has 2 heterocycles. The normalized spacial score (nSPS) is 20.2. The zero-order valence-electron chi connectivity index (χ0n) is 20.4. The third-order valence-corrected chi connectivity index (χ3v) is 7.29. The minimum atomic E-state index is -0.00993. The van der Waals surface area contributed by atoms with Crippen molar-refractivity contribution in [2.24, 2.45) is 5.92 Å². The van der Waals surface area contributed by atoms with Gasteiger partial charge >= 0.3 is 0 Å². The molecule has 1 atom stereocenters. The van der Waals surface area contributed by atoms with E-state index in [9.17, 15) is 9.59 Å². The molecule has 0 unspecified atom stereocenters. The smallest absolute Gasteiger partial charge is 0.251 e. The largest absolute Gasteiger partial charge is 0.350 e. The molecule has 2 aliphatic rings. The van der Waals surface area contributed by atoms with Gasteiger partial charge in [-0.1, -0.05) is 89.3 Å². The summed E-state index contributed by atoms with van der Waals surface area (Å²) in [5.41, 5.74) is 5.07. The number of hydrogen-bond donors (Lipinski definition) is 2. The van der Waals surface area contributed by atoms with Gasteiger partial charge in [0.15, 0.2) is 0 Å². The van der Waals surface area contributed by atoms with Gasteiger partial charge in [0.2, 0.25) is 5.91 Å². The molecule has 4 heteroatoms. The first-order valence-corrected chi connectivity index (χ1v) is 12.6. The van der Waals surface area contributed by atoms with E-state index >= 15 is 0 Å². The molecule has 2 aromatic rings. The lowest BCUT2D eigenvalue weighted by molar-refractivity contribution is -0.119. The second-order valence-electron chi connectivity index (χ2n) is 10.9. The maximum atomic E-state index is 13.0. The number of pyridine rings is 1. The topological polar surface area (TPSA) is 62.0 Å². The number of H-pyrrole nitrogens is 1. The maximum Gasteiger partial charge on any atom is 0.251 e. The van der Waals surface area contributed by atoms with Crippen LogP contribution in [0.15, 0.2) is 47.3 Å². The molecule has 0 bridgehead atoms. The number of nitrogens with one attached hydrogen (secondary N) is 2. The van der Waals surface area contributed by atoms with E-state index in [4.69, 9.17) is 0 Å². The predicted molar refractivity (Wildman–Crippen MR) is 135 cm³/mol. The summed E-state index contributed by atoms with van der Waals surface area (Å²) in [7, 11) is 0. The average Bonchev–Trinajstić information content (AvgIpc) is 3.21. The van der Waals surface area contributed by atoms with Crippen molar-refractivity contribution in [3.63, 3.8) is 0 Å². The monoisotopic (exact) mass is 446 g/mol. The first-order valence-electron chi connectivity index (χ1n) is 12.6. The van der Waals surface area contributed by atoms with E-state index in [1.54, 1.807) is 0 Å². The number of aromatic amines is 1. The minimum absolute atomic E-state index is 0.00993. The lowest BCUT2D eigenvalue weighted by Gasteiger charge is -2.21. The van der Waals surface area contributed by atoms with Crippen LogP contribution >= 0.6 is 0 Å². The quantitative estimate of drug-likeness (QED) is 0.581. The van der Waals surface area contributed by atoms with Gasteiger partial charge in [-0.3, -0.25) is 9.59 Å². The van der Waals surface area contributed by atoms with Gasteiger partial charge in [0.05, 0.1) is 0 Å². The van der Waals surface area contributed by atoms with E-state index in [1.807, 2.05) is 12.1 Å². The molecule has 1 aromatic heterocycles. The summed E-state index contributed by atoms with van der Waals surface area (Å²) in [6, 6.07) is 12.6. The van der Waals surface area contributed by atoms with Crippen LogP contribution in [0.4, 0.5) is 0 Å². The summed E-state index contributed by atoms with van der Waals surface area (Å²) >= 11 is 0. The molecule has 2 N–H and O–H groups in total. The van der Waals surface area contributed by atoms with Crippen molar-refractivity contribution in [2.75, 3.05) is 0 Å². The highest BCUT2D eigenvalue weighted by molar-refractivity contribution is 5.82. The zero-order valence-corrected chi connectivity index (χ0v) is 20.4. The van der Waals surface area contributed by atoms with E-state index in [-0.39, 0.29) is 22.9 Å². The molecule has 1 saturated heterocycles. The highest BCUT2D eigenvalue weighted by Gasteiger charge is 2.21. The lowest BCUT2D eigenvalue weighted by Crippen LogP contribution is -2.24. The van der Waals surface area contributed by atoms with Crippen LogP contribution in [0.25, 0.3) is 5.57 Å². The first-order chi connectivity index (χ1) is 15.8. The standard InChI is InChI=1S/C29H38N2O2/c1-29(2,3)23-14-11-21(12-15-23)25(19-24-16-18-27(32)30-24)26-17-13-22(28(33)31-26)10-9-20-7-5-4-6-8-20/h11-15,17,19-20,24H,4-10,16,18H2,1-3H3,(H,30,32)(H,31,33)/b25-19-/t24-/m1/s1. The van der Waals surface area contributed by atoms with E-state index < -0.39 is 0 Å². The Morgan fingerprint density at radius 1 is 0.970 bits per heavy atom. The molecule has 1 aliphatic heterocycles. The number of rotatable bonds is 6. The number of aromatic nitrogens is 1. The Kier molecular flexibility index (Phi) is 7.21. The maximum absolute atomic E-state index is 13.0. The van der Waals surface area contributed by atoms with Gasteiger partial charge in [-0.25, -0.2) is 0 Å². The Labute approximate surface area is 197 Å². The van der Waals surface area contributed by atoms with Crippen LogP contribution in [0.2, 0.25) is 0 Å². The number of hydrogen-bond acceptors (Lipinski definition) is 2. The lowest BCUT2D eigenvalue weighted by atomic mass is 9.85. The molecule has 33 heavy (non-hydrogen) atoms. The Morgan fingerprint density at radius 2 is 1.70 bits per heavy atom. The van der Waals surface area contributed by atoms with Crippen molar-refractivity contribution < 1.29 is 4.79 Å². The SMILES string of the molecule is CC(C)(C)c1ccc(/C(=C/[C@H]2CCC(=O)N2)c2ccc(CCC3CCCCC3)c(=O)[nH]2)cc1. The van der Waals surface area contributed by atoms with Crippen LogP contribution in [-0.2, 0) is 16.6 Å². The van der Waals surface area contributed by atoms with Crippen LogP contribution in [0.3, 0.4) is 0 Å². The molecule has 0 spiro atoms. The van der Waals surface area contributed by atoms with Gasteiger partial charge in [-0.2, -0.15) is 0 Å². The number of benzene rings is 1. The fraction of sp³-hybridized carbons (Fsp3) is 0.517. The number of amides is 1. The molecule has 1 amide bonds. The Morgan fingerprint density at radius 3 is 2.30 bits per heavy atom. The molecule has 4 nitrogen and oxygen atoms in total. The van der Waals surface area contributed by atoms with Crippen LogP contribution in [-0.4, -0.2) is 16.9 Å². The molecule has 0 radical (unpaired) electrons. The van der Waals surface area contributed by atoms with E-state index in [0.29, 0.717) is 6.42 Å². The van der Waals surface area contributed by atoms with Crippen molar-refractivity contribution in [1.82, 2.24) is 10.3 Å². The van der Waals surface area contributed by atoms with Crippen molar-refractivity contribution in [1.29, 1.82) is 0 Å². The van der Waals surface area contributed by atoms with Crippen LogP contribution in [0.5, 0.6) is 0 Å². The molecule has 1 saturated carbocycles. The van der Waals surface area contributed by atoms with Crippen LogP contribution in [0, 0.1) is 5.92 Å². The van der Waals surface area contributed by atoms with Gasteiger partial charge in [-0.15, -0.1) is 0 Å². The van der Waals surface area contributed by atoms with Crippen molar-refractivity contribution in [3.05, 3.63) is 75.2 Å². The van der Waals surface area contributed by atoms with E-state index in [1.165, 1.54) is 37.7 Å². The van der Waals surface area contributed by atoms with Crippen molar-refractivity contribution >= 4 is 11.5 Å². The van der Waals surface area contributed by atoms with Gasteiger partial charge in [0, 0.05) is 29.3 Å². The fourth-order valence-electron chi connectivity index (χ4n) is 5.15. The van der Waals surface area contributed by atoms with E-state index in [0.717, 1.165) is 47.6 Å². The third kappa shape index (κ3) is 6.04. The molecule has 2 fully saturated rings. The zero-order chi connectivity index (χ0) is 23.4. The van der Waals surface area contributed by atoms with Gasteiger partial charge < -0.3 is 10.3 Å². The summed E-state index contributed by atoms with van der Waals surface area (Å²) in [6.45, 7) is 6.61. The van der Waals surface area contributed by atoms with Crippen LogP contribution < -0.4 is 10.9 Å². The number of carbonyl (C=O) groups excluding carboxylic acids is 1. The molecule has 176 valence electrons. The number of aryl methyl sites for hydroxylation is 1.